The fourth-order valence-corrected chi connectivity index (χ4v) is 3.94. The van der Waals surface area contributed by atoms with Crippen LogP contribution in [0.25, 0.3) is 16.9 Å². The molecule has 0 saturated carbocycles. The van der Waals surface area contributed by atoms with E-state index < -0.39 is 10.0 Å². The lowest BCUT2D eigenvalue weighted by atomic mass is 10.1. The van der Waals surface area contributed by atoms with Gasteiger partial charge in [0.2, 0.25) is 10.0 Å². The van der Waals surface area contributed by atoms with Crippen molar-refractivity contribution in [1.82, 2.24) is 9.38 Å². The molecule has 0 unspecified atom stereocenters. The van der Waals surface area contributed by atoms with Crippen LogP contribution in [-0.4, -0.2) is 30.2 Å². The third kappa shape index (κ3) is 4.57. The van der Waals surface area contributed by atoms with Crippen LogP contribution < -0.4 is 9.46 Å². The zero-order chi connectivity index (χ0) is 20.3. The zero-order valence-corrected chi connectivity index (χ0v) is 16.8. The standard InChI is InChI=1S/C22H21N3O3S/c1-17-7-6-12-25-16-21(23-22(17)25)18-8-5-9-19(15-18)24-29(26,27)14-13-28-20-10-3-2-4-11-20/h2-12,15-16,24H,13-14H2,1H3. The number of hydrogen-bond acceptors (Lipinski definition) is 4. The van der Waals surface area contributed by atoms with Crippen molar-refractivity contribution in [2.75, 3.05) is 17.1 Å². The van der Waals surface area contributed by atoms with Gasteiger partial charge in [-0.1, -0.05) is 36.4 Å². The molecular weight excluding hydrogens is 386 g/mol. The molecule has 6 nitrogen and oxygen atoms in total. The molecule has 2 aromatic carbocycles. The van der Waals surface area contributed by atoms with Crippen LogP contribution in [0.4, 0.5) is 5.69 Å². The highest BCUT2D eigenvalue weighted by Gasteiger charge is 2.12. The molecule has 0 aliphatic rings. The van der Waals surface area contributed by atoms with Crippen molar-refractivity contribution in [1.29, 1.82) is 0 Å². The number of para-hydroxylation sites is 1. The minimum Gasteiger partial charge on any atom is -0.492 e. The summed E-state index contributed by atoms with van der Waals surface area (Å²) >= 11 is 0. The number of hydrogen-bond donors (Lipinski definition) is 1. The van der Waals surface area contributed by atoms with Crippen molar-refractivity contribution < 1.29 is 13.2 Å². The number of imidazole rings is 1. The molecule has 0 spiro atoms. The molecule has 2 aromatic heterocycles. The van der Waals surface area contributed by atoms with Gasteiger partial charge in [0.15, 0.2) is 0 Å². The minimum atomic E-state index is -3.54. The molecular formula is C22H21N3O3S. The van der Waals surface area contributed by atoms with Gasteiger partial charge in [-0.15, -0.1) is 0 Å². The second-order valence-corrected chi connectivity index (χ2v) is 8.55. The lowest BCUT2D eigenvalue weighted by molar-refractivity contribution is 0.341. The summed E-state index contributed by atoms with van der Waals surface area (Å²) in [6.07, 6.45) is 3.88. The zero-order valence-electron chi connectivity index (χ0n) is 15.9. The van der Waals surface area contributed by atoms with Crippen LogP contribution in [0.5, 0.6) is 5.75 Å². The lowest BCUT2D eigenvalue weighted by Crippen LogP contribution is -2.21. The van der Waals surface area contributed by atoms with E-state index in [2.05, 4.69) is 9.71 Å². The molecule has 2 heterocycles. The average molecular weight is 407 g/mol. The number of aryl methyl sites for hydroxylation is 1. The molecule has 4 aromatic rings. The van der Waals surface area contributed by atoms with E-state index in [1.165, 1.54) is 0 Å². The molecule has 0 saturated heterocycles. The van der Waals surface area contributed by atoms with Crippen LogP contribution in [0, 0.1) is 6.92 Å². The summed E-state index contributed by atoms with van der Waals surface area (Å²) < 4.78 is 34.9. The highest BCUT2D eigenvalue weighted by atomic mass is 32.2. The Morgan fingerprint density at radius 2 is 1.86 bits per heavy atom. The Bertz CT molecular complexity index is 1230. The first kappa shape index (κ1) is 19.0. The maximum atomic E-state index is 12.4. The van der Waals surface area contributed by atoms with E-state index in [0.29, 0.717) is 11.4 Å². The smallest absolute Gasteiger partial charge is 0.236 e. The lowest BCUT2D eigenvalue weighted by Gasteiger charge is -2.10. The third-order valence-corrected chi connectivity index (χ3v) is 5.72. The van der Waals surface area contributed by atoms with Crippen LogP contribution >= 0.6 is 0 Å². The summed E-state index contributed by atoms with van der Waals surface area (Å²) in [7, 11) is -3.54. The largest absolute Gasteiger partial charge is 0.492 e. The molecule has 0 bridgehead atoms. The van der Waals surface area contributed by atoms with Gasteiger partial charge in [-0.3, -0.25) is 4.72 Å². The molecule has 1 N–H and O–H groups in total. The number of fused-ring (bicyclic) bond motifs is 1. The van der Waals surface area contributed by atoms with E-state index in [-0.39, 0.29) is 12.4 Å². The van der Waals surface area contributed by atoms with Gasteiger partial charge < -0.3 is 9.14 Å². The Labute approximate surface area is 169 Å². The van der Waals surface area contributed by atoms with E-state index in [9.17, 15) is 8.42 Å². The van der Waals surface area contributed by atoms with Gasteiger partial charge in [-0.25, -0.2) is 13.4 Å². The monoisotopic (exact) mass is 407 g/mol. The number of sulfonamides is 1. The molecule has 0 radical (unpaired) electrons. The molecule has 0 aliphatic heterocycles. The van der Waals surface area contributed by atoms with Gasteiger partial charge in [0.25, 0.3) is 0 Å². The summed E-state index contributed by atoms with van der Waals surface area (Å²) in [6.45, 7) is 2.08. The fraction of sp³-hybridized carbons (Fsp3) is 0.136. The Balaban J connectivity index is 1.47. The van der Waals surface area contributed by atoms with Crippen LogP contribution in [-0.2, 0) is 10.0 Å². The second-order valence-electron chi connectivity index (χ2n) is 6.71. The molecule has 7 heteroatoms. The van der Waals surface area contributed by atoms with Crippen LogP contribution in [0.3, 0.4) is 0 Å². The number of nitrogens with zero attached hydrogens (tertiary/aromatic N) is 2. The number of rotatable bonds is 7. The summed E-state index contributed by atoms with van der Waals surface area (Å²) in [5.41, 5.74) is 4.08. The van der Waals surface area contributed by atoms with Gasteiger partial charge in [0.05, 0.1) is 5.69 Å². The van der Waals surface area contributed by atoms with Crippen molar-refractivity contribution in [2.24, 2.45) is 0 Å². The van der Waals surface area contributed by atoms with E-state index >= 15 is 0 Å². The van der Waals surface area contributed by atoms with Crippen LogP contribution in [0.2, 0.25) is 0 Å². The molecule has 0 aliphatic carbocycles. The van der Waals surface area contributed by atoms with Crippen LogP contribution in [0.1, 0.15) is 5.56 Å². The highest BCUT2D eigenvalue weighted by molar-refractivity contribution is 7.92. The maximum Gasteiger partial charge on any atom is 0.236 e. The Kier molecular flexibility index (Phi) is 5.22. The predicted octanol–water partition coefficient (Wildman–Crippen LogP) is 4.13. The number of ether oxygens (including phenoxy) is 1. The first-order valence-corrected chi connectivity index (χ1v) is 10.9. The van der Waals surface area contributed by atoms with Gasteiger partial charge in [0, 0.05) is 23.6 Å². The Morgan fingerprint density at radius 3 is 2.66 bits per heavy atom. The second kappa shape index (κ2) is 7.97. The quantitative estimate of drug-likeness (QED) is 0.500. The first-order chi connectivity index (χ1) is 14.0. The summed E-state index contributed by atoms with van der Waals surface area (Å²) in [5.74, 6) is 0.506. The van der Waals surface area contributed by atoms with Crippen LogP contribution in [0.15, 0.2) is 79.1 Å². The van der Waals surface area contributed by atoms with Crippen molar-refractivity contribution in [2.45, 2.75) is 6.92 Å². The SMILES string of the molecule is Cc1cccn2cc(-c3cccc(NS(=O)(=O)CCOc4ccccc4)c3)nc12. The summed E-state index contributed by atoms with van der Waals surface area (Å²) in [5, 5.41) is 0. The summed E-state index contributed by atoms with van der Waals surface area (Å²) in [4.78, 5) is 4.67. The van der Waals surface area contributed by atoms with Crippen molar-refractivity contribution in [3.63, 3.8) is 0 Å². The molecule has 29 heavy (non-hydrogen) atoms. The van der Waals surface area contributed by atoms with Gasteiger partial charge in [-0.05, 0) is 42.8 Å². The van der Waals surface area contributed by atoms with E-state index in [0.717, 1.165) is 22.5 Å². The topological polar surface area (TPSA) is 72.7 Å². The predicted molar refractivity (Wildman–Crippen MR) is 115 cm³/mol. The highest BCUT2D eigenvalue weighted by Crippen LogP contribution is 2.24. The molecule has 0 atom stereocenters. The number of pyridine rings is 1. The fourth-order valence-electron chi connectivity index (χ4n) is 3.05. The Morgan fingerprint density at radius 1 is 1.03 bits per heavy atom. The maximum absolute atomic E-state index is 12.4. The van der Waals surface area contributed by atoms with Gasteiger partial charge in [0.1, 0.15) is 23.8 Å². The van der Waals surface area contributed by atoms with Crippen molar-refractivity contribution in [3.8, 4) is 17.0 Å². The van der Waals surface area contributed by atoms with E-state index in [1.807, 2.05) is 66.2 Å². The number of benzene rings is 2. The molecule has 0 amide bonds. The average Bonchev–Trinajstić information content (AvgIpc) is 3.14. The molecule has 0 fully saturated rings. The number of anilines is 1. The van der Waals surface area contributed by atoms with Gasteiger partial charge >= 0.3 is 0 Å². The van der Waals surface area contributed by atoms with E-state index in [4.69, 9.17) is 4.74 Å². The first-order valence-electron chi connectivity index (χ1n) is 9.23. The van der Waals surface area contributed by atoms with Crippen molar-refractivity contribution in [3.05, 3.63) is 84.7 Å². The van der Waals surface area contributed by atoms with Crippen molar-refractivity contribution >= 4 is 21.4 Å². The Hall–Kier alpha value is -3.32. The van der Waals surface area contributed by atoms with Gasteiger partial charge in [-0.2, -0.15) is 0 Å². The molecule has 4 rings (SSSR count). The molecule has 148 valence electrons. The minimum absolute atomic E-state index is 0.0742. The number of aromatic nitrogens is 2. The van der Waals surface area contributed by atoms with E-state index in [1.54, 1.807) is 24.3 Å². The third-order valence-electron chi connectivity index (χ3n) is 4.47. The normalized spacial score (nSPS) is 11.5. The summed E-state index contributed by atoms with van der Waals surface area (Å²) in [6, 6.07) is 20.3. The number of nitrogens with one attached hydrogen (secondary N) is 1.